The molecule has 0 saturated carbocycles. The SMILES string of the molecule is CCC1CNCC(c2ccc(OC)c(OC)c2)O1. The van der Waals surface area contributed by atoms with E-state index in [1.165, 1.54) is 0 Å². The molecule has 0 aromatic heterocycles. The van der Waals surface area contributed by atoms with Gasteiger partial charge < -0.3 is 19.5 Å². The maximum absolute atomic E-state index is 6.04. The Morgan fingerprint density at radius 3 is 2.67 bits per heavy atom. The van der Waals surface area contributed by atoms with Gasteiger partial charge >= 0.3 is 0 Å². The lowest BCUT2D eigenvalue weighted by atomic mass is 10.1. The molecule has 0 spiro atoms. The normalized spacial score (nSPS) is 23.7. The number of benzene rings is 1. The lowest BCUT2D eigenvalue weighted by molar-refractivity contribution is -0.0400. The van der Waals surface area contributed by atoms with Gasteiger partial charge in [-0.25, -0.2) is 0 Å². The highest BCUT2D eigenvalue weighted by Crippen LogP contribution is 2.32. The van der Waals surface area contributed by atoms with E-state index < -0.39 is 0 Å². The minimum atomic E-state index is 0.0866. The van der Waals surface area contributed by atoms with E-state index in [4.69, 9.17) is 14.2 Å². The van der Waals surface area contributed by atoms with Gasteiger partial charge in [0.2, 0.25) is 0 Å². The van der Waals surface area contributed by atoms with Gasteiger partial charge in [-0.15, -0.1) is 0 Å². The van der Waals surface area contributed by atoms with Gasteiger partial charge in [-0.3, -0.25) is 0 Å². The summed E-state index contributed by atoms with van der Waals surface area (Å²) < 4.78 is 16.6. The molecule has 2 atom stereocenters. The van der Waals surface area contributed by atoms with Crippen LogP contribution in [0.15, 0.2) is 18.2 Å². The molecule has 1 N–H and O–H groups in total. The lowest BCUT2D eigenvalue weighted by Crippen LogP contribution is -2.40. The highest BCUT2D eigenvalue weighted by Gasteiger charge is 2.23. The molecular formula is C14H21NO3. The number of methoxy groups -OCH3 is 2. The van der Waals surface area contributed by atoms with Crippen molar-refractivity contribution in [1.29, 1.82) is 0 Å². The molecule has 4 nitrogen and oxygen atoms in total. The van der Waals surface area contributed by atoms with Crippen LogP contribution in [0.2, 0.25) is 0 Å². The number of hydrogen-bond acceptors (Lipinski definition) is 4. The van der Waals surface area contributed by atoms with Gasteiger partial charge in [0.15, 0.2) is 11.5 Å². The third-order valence-corrected chi connectivity index (χ3v) is 3.29. The molecule has 1 heterocycles. The van der Waals surface area contributed by atoms with Gasteiger partial charge in [0.25, 0.3) is 0 Å². The van der Waals surface area contributed by atoms with Gasteiger partial charge in [0, 0.05) is 13.1 Å². The van der Waals surface area contributed by atoms with Crippen LogP contribution in [0.25, 0.3) is 0 Å². The summed E-state index contributed by atoms with van der Waals surface area (Å²) in [6, 6.07) is 5.95. The van der Waals surface area contributed by atoms with Gasteiger partial charge in [-0.2, -0.15) is 0 Å². The molecule has 18 heavy (non-hydrogen) atoms. The third kappa shape index (κ3) is 2.76. The summed E-state index contributed by atoms with van der Waals surface area (Å²) in [5.74, 6) is 1.49. The number of ether oxygens (including phenoxy) is 3. The first-order chi connectivity index (χ1) is 8.78. The molecule has 2 rings (SSSR count). The summed E-state index contributed by atoms with van der Waals surface area (Å²) in [6.07, 6.45) is 1.40. The Kier molecular flexibility index (Phi) is 4.44. The smallest absolute Gasteiger partial charge is 0.161 e. The second-order valence-corrected chi connectivity index (χ2v) is 4.43. The predicted molar refractivity (Wildman–Crippen MR) is 70.3 cm³/mol. The van der Waals surface area contributed by atoms with E-state index in [-0.39, 0.29) is 12.2 Å². The van der Waals surface area contributed by atoms with E-state index in [9.17, 15) is 0 Å². The molecule has 0 amide bonds. The van der Waals surface area contributed by atoms with Crippen LogP contribution in [0.1, 0.15) is 25.0 Å². The summed E-state index contributed by atoms with van der Waals surface area (Å²) in [5.41, 5.74) is 1.12. The fourth-order valence-electron chi connectivity index (χ4n) is 2.19. The number of morpholine rings is 1. The molecule has 1 aliphatic rings. The number of rotatable bonds is 4. The average molecular weight is 251 g/mol. The third-order valence-electron chi connectivity index (χ3n) is 3.29. The van der Waals surface area contributed by atoms with Crippen LogP contribution in [-0.4, -0.2) is 33.4 Å². The summed E-state index contributed by atoms with van der Waals surface area (Å²) >= 11 is 0. The fraction of sp³-hybridized carbons (Fsp3) is 0.571. The second kappa shape index (κ2) is 6.07. The van der Waals surface area contributed by atoms with Crippen molar-refractivity contribution in [2.45, 2.75) is 25.6 Å². The summed E-state index contributed by atoms with van der Waals surface area (Å²) in [4.78, 5) is 0. The van der Waals surface area contributed by atoms with Crippen molar-refractivity contribution in [3.05, 3.63) is 23.8 Å². The zero-order valence-corrected chi connectivity index (χ0v) is 11.2. The highest BCUT2D eigenvalue weighted by atomic mass is 16.5. The van der Waals surface area contributed by atoms with Crippen molar-refractivity contribution in [3.63, 3.8) is 0 Å². The zero-order valence-electron chi connectivity index (χ0n) is 11.2. The second-order valence-electron chi connectivity index (χ2n) is 4.43. The van der Waals surface area contributed by atoms with E-state index in [0.29, 0.717) is 0 Å². The first-order valence-corrected chi connectivity index (χ1v) is 6.36. The van der Waals surface area contributed by atoms with Crippen molar-refractivity contribution in [3.8, 4) is 11.5 Å². The standard InChI is InChI=1S/C14H21NO3/c1-4-11-8-15-9-14(18-11)10-5-6-12(16-2)13(7-10)17-3/h5-7,11,14-15H,4,8-9H2,1-3H3. The maximum Gasteiger partial charge on any atom is 0.161 e. The van der Waals surface area contributed by atoms with Gasteiger partial charge in [-0.05, 0) is 24.1 Å². The Hall–Kier alpha value is -1.26. The Morgan fingerprint density at radius 1 is 1.22 bits per heavy atom. The molecule has 1 aromatic carbocycles. The molecule has 0 radical (unpaired) electrons. The lowest BCUT2D eigenvalue weighted by Gasteiger charge is -2.30. The van der Waals surface area contributed by atoms with Crippen molar-refractivity contribution in [2.75, 3.05) is 27.3 Å². The number of nitrogens with one attached hydrogen (secondary N) is 1. The van der Waals surface area contributed by atoms with E-state index >= 15 is 0 Å². The van der Waals surface area contributed by atoms with Crippen molar-refractivity contribution < 1.29 is 14.2 Å². The van der Waals surface area contributed by atoms with Crippen LogP contribution in [0.5, 0.6) is 11.5 Å². The molecular weight excluding hydrogens is 230 g/mol. The van der Waals surface area contributed by atoms with E-state index in [0.717, 1.165) is 36.6 Å². The minimum absolute atomic E-state index is 0.0866. The molecule has 1 fully saturated rings. The summed E-state index contributed by atoms with van der Waals surface area (Å²) in [5, 5.41) is 3.40. The Morgan fingerprint density at radius 2 is 2.00 bits per heavy atom. The number of hydrogen-bond donors (Lipinski definition) is 1. The van der Waals surface area contributed by atoms with Crippen LogP contribution in [-0.2, 0) is 4.74 Å². The molecule has 2 unspecified atom stereocenters. The van der Waals surface area contributed by atoms with E-state index in [2.05, 4.69) is 12.2 Å². The Balaban J connectivity index is 2.17. The van der Waals surface area contributed by atoms with Crippen LogP contribution >= 0.6 is 0 Å². The summed E-state index contributed by atoms with van der Waals surface area (Å²) in [7, 11) is 3.29. The maximum atomic E-state index is 6.04. The van der Waals surface area contributed by atoms with E-state index in [1.807, 2.05) is 18.2 Å². The van der Waals surface area contributed by atoms with Crippen molar-refractivity contribution in [1.82, 2.24) is 5.32 Å². The van der Waals surface area contributed by atoms with Crippen molar-refractivity contribution >= 4 is 0 Å². The molecule has 0 aliphatic carbocycles. The van der Waals surface area contributed by atoms with Gasteiger partial charge in [0.1, 0.15) is 0 Å². The topological polar surface area (TPSA) is 39.7 Å². The first kappa shape index (κ1) is 13.2. The molecule has 100 valence electrons. The first-order valence-electron chi connectivity index (χ1n) is 6.36. The molecule has 1 saturated heterocycles. The van der Waals surface area contributed by atoms with Crippen LogP contribution in [0.3, 0.4) is 0 Å². The zero-order chi connectivity index (χ0) is 13.0. The molecule has 1 aliphatic heterocycles. The van der Waals surface area contributed by atoms with E-state index in [1.54, 1.807) is 14.2 Å². The van der Waals surface area contributed by atoms with Crippen molar-refractivity contribution in [2.24, 2.45) is 0 Å². The van der Waals surface area contributed by atoms with Gasteiger partial charge in [-0.1, -0.05) is 13.0 Å². The molecule has 1 aromatic rings. The summed E-state index contributed by atoms with van der Waals surface area (Å²) in [6.45, 7) is 3.91. The largest absolute Gasteiger partial charge is 0.493 e. The predicted octanol–water partition coefficient (Wildman–Crippen LogP) is 2.14. The minimum Gasteiger partial charge on any atom is -0.493 e. The Labute approximate surface area is 108 Å². The fourth-order valence-corrected chi connectivity index (χ4v) is 2.19. The molecule has 0 bridgehead atoms. The van der Waals surface area contributed by atoms with Crippen LogP contribution < -0.4 is 14.8 Å². The molecule has 4 heteroatoms. The van der Waals surface area contributed by atoms with Gasteiger partial charge in [0.05, 0.1) is 26.4 Å². The average Bonchev–Trinajstić information content (AvgIpc) is 2.46. The monoisotopic (exact) mass is 251 g/mol. The van der Waals surface area contributed by atoms with Crippen LogP contribution in [0.4, 0.5) is 0 Å². The Bertz CT molecular complexity index is 395. The van der Waals surface area contributed by atoms with Crippen LogP contribution in [0, 0.1) is 0 Å². The quantitative estimate of drug-likeness (QED) is 0.890. The highest BCUT2D eigenvalue weighted by molar-refractivity contribution is 5.43.